The highest BCUT2D eigenvalue weighted by molar-refractivity contribution is 9.10. The van der Waals surface area contributed by atoms with Gasteiger partial charge in [-0.15, -0.1) is 0 Å². The Balaban J connectivity index is 1.98. The van der Waals surface area contributed by atoms with Gasteiger partial charge in [-0.05, 0) is 52.7 Å². The number of hydrogen-bond donors (Lipinski definition) is 0. The topological polar surface area (TPSA) is 76.6 Å². The van der Waals surface area contributed by atoms with Crippen molar-refractivity contribution in [2.24, 2.45) is 0 Å². The molecule has 2 heterocycles. The van der Waals surface area contributed by atoms with Crippen molar-refractivity contribution in [1.82, 2.24) is 9.88 Å². The van der Waals surface area contributed by atoms with Crippen molar-refractivity contribution in [2.75, 3.05) is 6.26 Å². The van der Waals surface area contributed by atoms with E-state index in [0.29, 0.717) is 5.69 Å². The van der Waals surface area contributed by atoms with Crippen LogP contribution in [0.5, 0.6) is 5.75 Å². The van der Waals surface area contributed by atoms with Gasteiger partial charge in [-0.25, -0.2) is 8.42 Å². The lowest BCUT2D eigenvalue weighted by Crippen LogP contribution is -2.32. The summed E-state index contributed by atoms with van der Waals surface area (Å²) in [7, 11) is -3.68. The van der Waals surface area contributed by atoms with Gasteiger partial charge in [-0.3, -0.25) is 9.78 Å². The summed E-state index contributed by atoms with van der Waals surface area (Å²) in [5.74, 6) is -0.980. The largest absolute Gasteiger partial charge is 0.480 e. The number of nitrogens with zero attached hydrogens (tertiary/aromatic N) is 2. The first-order chi connectivity index (χ1) is 13.4. The number of hydrogen-bond acceptors (Lipinski definition) is 5. The predicted molar refractivity (Wildman–Crippen MR) is 101 cm³/mol. The van der Waals surface area contributed by atoms with Crippen LogP contribution in [0.1, 0.15) is 28.5 Å². The molecule has 1 aliphatic heterocycles. The van der Waals surface area contributed by atoms with E-state index in [4.69, 9.17) is 4.74 Å². The molecule has 0 spiro atoms. The number of rotatable bonds is 4. The van der Waals surface area contributed by atoms with E-state index in [2.05, 4.69) is 20.9 Å². The average Bonchev–Trinajstić information content (AvgIpc) is 3.02. The molecular weight excluding hydrogens is 477 g/mol. The molecule has 0 radical (unpaired) electrons. The third-order valence-corrected chi connectivity index (χ3v) is 5.93. The number of benzene rings is 1. The molecule has 0 fully saturated rings. The van der Waals surface area contributed by atoms with E-state index in [9.17, 15) is 26.4 Å². The molecule has 156 valence electrons. The summed E-state index contributed by atoms with van der Waals surface area (Å²) >= 11 is 3.30. The first-order valence-corrected chi connectivity index (χ1v) is 11.0. The Bertz CT molecular complexity index is 1070. The van der Waals surface area contributed by atoms with Gasteiger partial charge in [-0.2, -0.15) is 13.2 Å². The van der Waals surface area contributed by atoms with Crippen molar-refractivity contribution in [2.45, 2.75) is 37.2 Å². The van der Waals surface area contributed by atoms with Crippen molar-refractivity contribution in [3.05, 3.63) is 51.8 Å². The molecule has 11 heteroatoms. The Morgan fingerprint density at radius 1 is 1.28 bits per heavy atom. The lowest BCUT2D eigenvalue weighted by molar-refractivity contribution is -0.189. The Hall–Kier alpha value is -2.14. The molecule has 0 saturated carbocycles. The minimum absolute atomic E-state index is 0.152. The van der Waals surface area contributed by atoms with Crippen LogP contribution in [0.2, 0.25) is 0 Å². The van der Waals surface area contributed by atoms with Crippen molar-refractivity contribution in [3.63, 3.8) is 0 Å². The second-order valence-corrected chi connectivity index (χ2v) is 9.58. The summed E-state index contributed by atoms with van der Waals surface area (Å²) in [5, 5.41) is 0. The minimum Gasteiger partial charge on any atom is -0.480 e. The Morgan fingerprint density at radius 3 is 2.59 bits per heavy atom. The molecule has 29 heavy (non-hydrogen) atoms. The summed E-state index contributed by atoms with van der Waals surface area (Å²) in [4.78, 5) is 18.5. The molecule has 2 aromatic rings. The van der Waals surface area contributed by atoms with Crippen LogP contribution in [-0.2, 0) is 22.9 Å². The average molecular weight is 493 g/mol. The highest BCUT2D eigenvalue weighted by atomic mass is 79.9. The van der Waals surface area contributed by atoms with E-state index in [1.54, 1.807) is 12.3 Å². The molecule has 3 rings (SSSR count). The second-order valence-electron chi connectivity index (χ2n) is 6.65. The molecule has 1 aliphatic rings. The van der Waals surface area contributed by atoms with E-state index in [1.165, 1.54) is 4.90 Å². The SMILES string of the molecule is C[C@H](Oc1ccc(S(C)(=O)=O)cc1C(=O)N1Cc2cc(Br)cnc2C1)C(F)(F)F. The number of carbonyl (C=O) groups excluding carboxylic acids is 1. The monoisotopic (exact) mass is 492 g/mol. The van der Waals surface area contributed by atoms with E-state index < -0.39 is 28.0 Å². The number of alkyl halides is 3. The van der Waals surface area contributed by atoms with Gasteiger partial charge >= 0.3 is 6.18 Å². The van der Waals surface area contributed by atoms with E-state index >= 15 is 0 Å². The predicted octanol–water partition coefficient (Wildman–Crippen LogP) is 3.73. The van der Waals surface area contributed by atoms with Crippen LogP contribution in [-0.4, -0.2) is 42.7 Å². The number of ether oxygens (including phenoxy) is 1. The number of fused-ring (bicyclic) bond motifs is 1. The van der Waals surface area contributed by atoms with Crippen LogP contribution in [0.25, 0.3) is 0 Å². The third kappa shape index (κ3) is 4.72. The summed E-state index contributed by atoms with van der Waals surface area (Å²) in [5.41, 5.74) is 1.20. The Kier molecular flexibility index (Phi) is 5.65. The molecule has 0 saturated heterocycles. The normalized spacial score (nSPS) is 15.2. The van der Waals surface area contributed by atoms with Gasteiger partial charge in [-0.1, -0.05) is 0 Å². The number of halogens is 4. The van der Waals surface area contributed by atoms with Crippen molar-refractivity contribution >= 4 is 31.7 Å². The maximum atomic E-state index is 13.1. The van der Waals surface area contributed by atoms with Crippen LogP contribution in [0.15, 0.2) is 39.8 Å². The zero-order valence-corrected chi connectivity index (χ0v) is 17.7. The van der Waals surface area contributed by atoms with Gasteiger partial charge in [0.05, 0.1) is 22.7 Å². The van der Waals surface area contributed by atoms with Gasteiger partial charge in [0.25, 0.3) is 5.91 Å². The van der Waals surface area contributed by atoms with Crippen LogP contribution < -0.4 is 4.74 Å². The molecule has 6 nitrogen and oxygen atoms in total. The molecule has 0 N–H and O–H groups in total. The van der Waals surface area contributed by atoms with Crippen LogP contribution in [0.4, 0.5) is 13.2 Å². The third-order valence-electron chi connectivity index (χ3n) is 4.39. The van der Waals surface area contributed by atoms with Gasteiger partial charge in [0.1, 0.15) is 5.75 Å². The summed E-state index contributed by atoms with van der Waals surface area (Å²) in [6, 6.07) is 5.03. The Morgan fingerprint density at radius 2 is 1.97 bits per heavy atom. The number of carbonyl (C=O) groups is 1. The molecule has 0 unspecified atom stereocenters. The second kappa shape index (κ2) is 7.60. The number of amides is 1. The number of aromatic nitrogens is 1. The van der Waals surface area contributed by atoms with Crippen molar-refractivity contribution < 1.29 is 31.1 Å². The van der Waals surface area contributed by atoms with Crippen molar-refractivity contribution in [1.29, 1.82) is 0 Å². The van der Waals surface area contributed by atoms with Gasteiger partial charge in [0.2, 0.25) is 0 Å². The smallest absolute Gasteiger partial charge is 0.425 e. The van der Waals surface area contributed by atoms with E-state index in [-0.39, 0.29) is 29.3 Å². The molecule has 1 aromatic carbocycles. The standard InChI is InChI=1S/C18H16BrF3N2O4S/c1-10(18(20,21)22)28-16-4-3-13(29(2,26)27)6-14(16)17(25)24-8-11-5-12(19)7-23-15(11)9-24/h3-7,10H,8-9H2,1-2H3/t10-/m0/s1. The van der Waals surface area contributed by atoms with E-state index in [0.717, 1.165) is 41.4 Å². The maximum Gasteiger partial charge on any atom is 0.425 e. The number of sulfone groups is 1. The fraction of sp³-hybridized carbons (Fsp3) is 0.333. The van der Waals surface area contributed by atoms with Crippen LogP contribution in [0, 0.1) is 0 Å². The maximum absolute atomic E-state index is 13.1. The lowest BCUT2D eigenvalue weighted by atomic mass is 10.1. The molecule has 1 atom stereocenters. The fourth-order valence-corrected chi connectivity index (χ4v) is 3.84. The summed E-state index contributed by atoms with van der Waals surface area (Å²) < 4.78 is 68.2. The van der Waals surface area contributed by atoms with Gasteiger partial charge < -0.3 is 9.64 Å². The fourth-order valence-electron chi connectivity index (χ4n) is 2.81. The van der Waals surface area contributed by atoms with E-state index in [1.807, 2.05) is 0 Å². The zero-order chi connectivity index (χ0) is 21.6. The lowest BCUT2D eigenvalue weighted by Gasteiger charge is -2.22. The first-order valence-electron chi connectivity index (χ1n) is 8.36. The summed E-state index contributed by atoms with van der Waals surface area (Å²) in [6.45, 7) is 1.16. The van der Waals surface area contributed by atoms with Crippen LogP contribution in [0.3, 0.4) is 0 Å². The molecule has 1 aromatic heterocycles. The first kappa shape index (κ1) is 21.6. The number of pyridine rings is 1. The van der Waals surface area contributed by atoms with Crippen LogP contribution >= 0.6 is 15.9 Å². The van der Waals surface area contributed by atoms with Crippen molar-refractivity contribution in [3.8, 4) is 5.75 Å². The molecule has 1 amide bonds. The quantitative estimate of drug-likeness (QED) is 0.649. The molecular formula is C18H16BrF3N2O4S. The van der Waals surface area contributed by atoms with Gasteiger partial charge in [0.15, 0.2) is 15.9 Å². The highest BCUT2D eigenvalue weighted by Gasteiger charge is 2.39. The van der Waals surface area contributed by atoms with Gasteiger partial charge in [0, 0.05) is 23.5 Å². The zero-order valence-electron chi connectivity index (χ0n) is 15.3. The molecule has 0 aliphatic carbocycles. The minimum atomic E-state index is -4.64. The highest BCUT2D eigenvalue weighted by Crippen LogP contribution is 2.32. The summed E-state index contributed by atoms with van der Waals surface area (Å²) in [6.07, 6.45) is -4.29. The molecule has 0 bridgehead atoms. The Labute approximate surface area is 173 Å².